The van der Waals surface area contributed by atoms with Gasteiger partial charge in [0, 0.05) is 19.7 Å². The number of carbonyl (C=O) groups is 2. The zero-order valence-electron chi connectivity index (χ0n) is 10.6. The van der Waals surface area contributed by atoms with Gasteiger partial charge in [-0.1, -0.05) is 6.08 Å². The first kappa shape index (κ1) is 14.5. The van der Waals surface area contributed by atoms with Crippen molar-refractivity contribution in [1.82, 2.24) is 10.2 Å². The summed E-state index contributed by atoms with van der Waals surface area (Å²) in [5.74, 6) is -1.03. The predicted molar refractivity (Wildman–Crippen MR) is 66.4 cm³/mol. The minimum atomic E-state index is -1.03. The molecule has 18 heavy (non-hydrogen) atoms. The van der Waals surface area contributed by atoms with Gasteiger partial charge < -0.3 is 20.1 Å². The minimum absolute atomic E-state index is 0.0589. The maximum atomic E-state index is 11.9. The molecule has 0 spiro atoms. The molecule has 0 aromatic carbocycles. The number of aliphatic carboxylic acids is 1. The molecule has 2 atom stereocenters. The van der Waals surface area contributed by atoms with Crippen LogP contribution in [0.1, 0.15) is 19.3 Å². The van der Waals surface area contributed by atoms with Crippen LogP contribution < -0.4 is 5.32 Å². The van der Waals surface area contributed by atoms with Gasteiger partial charge in [0.15, 0.2) is 0 Å². The van der Waals surface area contributed by atoms with Gasteiger partial charge in [-0.25, -0.2) is 4.79 Å². The summed E-state index contributed by atoms with van der Waals surface area (Å²) in [6, 6.07) is -0.303. The van der Waals surface area contributed by atoms with Gasteiger partial charge >= 0.3 is 12.0 Å². The Bertz CT molecular complexity index is 319. The van der Waals surface area contributed by atoms with E-state index in [1.165, 1.54) is 11.0 Å². The third kappa shape index (κ3) is 4.37. The Balaban J connectivity index is 2.46. The van der Waals surface area contributed by atoms with E-state index in [-0.39, 0.29) is 31.3 Å². The number of amides is 2. The summed E-state index contributed by atoms with van der Waals surface area (Å²) < 4.78 is 5.22. The van der Waals surface area contributed by atoms with E-state index in [0.29, 0.717) is 0 Å². The summed E-state index contributed by atoms with van der Waals surface area (Å²) in [5, 5.41) is 11.6. The first-order valence-electron chi connectivity index (χ1n) is 5.97. The van der Waals surface area contributed by atoms with Gasteiger partial charge in [-0.3, -0.25) is 4.79 Å². The molecule has 0 heterocycles. The van der Waals surface area contributed by atoms with Gasteiger partial charge in [0.25, 0.3) is 0 Å². The third-order valence-corrected chi connectivity index (χ3v) is 3.01. The van der Waals surface area contributed by atoms with E-state index in [0.717, 1.165) is 19.3 Å². The zero-order valence-corrected chi connectivity index (χ0v) is 10.6. The number of hydrogen-bond donors (Lipinski definition) is 2. The number of methoxy groups -OCH3 is 1. The molecule has 0 aromatic heterocycles. The van der Waals surface area contributed by atoms with Gasteiger partial charge in [-0.05, 0) is 19.3 Å². The molecule has 1 saturated carbocycles. The van der Waals surface area contributed by atoms with Gasteiger partial charge in [0.2, 0.25) is 0 Å². The van der Waals surface area contributed by atoms with E-state index in [2.05, 4.69) is 11.9 Å². The highest BCUT2D eigenvalue weighted by molar-refractivity contribution is 5.80. The second-order valence-corrected chi connectivity index (χ2v) is 4.38. The Morgan fingerprint density at radius 3 is 2.78 bits per heavy atom. The molecule has 6 nitrogen and oxygen atoms in total. The smallest absolute Gasteiger partial charge is 0.323 e. The number of carboxylic acids is 1. The van der Waals surface area contributed by atoms with Crippen LogP contribution in [0, 0.1) is 0 Å². The van der Waals surface area contributed by atoms with Crippen LogP contribution in [0.5, 0.6) is 0 Å². The molecular weight excluding hydrogens is 236 g/mol. The molecule has 0 bridgehead atoms. The van der Waals surface area contributed by atoms with Crippen LogP contribution in [0.4, 0.5) is 4.79 Å². The summed E-state index contributed by atoms with van der Waals surface area (Å²) >= 11 is 0. The summed E-state index contributed by atoms with van der Waals surface area (Å²) in [4.78, 5) is 23.7. The van der Waals surface area contributed by atoms with Crippen LogP contribution >= 0.6 is 0 Å². The van der Waals surface area contributed by atoms with Crippen molar-refractivity contribution in [1.29, 1.82) is 0 Å². The lowest BCUT2D eigenvalue weighted by atomic mass is 10.2. The van der Waals surface area contributed by atoms with E-state index in [4.69, 9.17) is 9.84 Å². The summed E-state index contributed by atoms with van der Waals surface area (Å²) in [7, 11) is 1.66. The van der Waals surface area contributed by atoms with Crippen LogP contribution in [0.25, 0.3) is 0 Å². The fourth-order valence-corrected chi connectivity index (χ4v) is 2.09. The number of hydrogen-bond acceptors (Lipinski definition) is 3. The van der Waals surface area contributed by atoms with Crippen molar-refractivity contribution in [3.8, 4) is 0 Å². The molecule has 0 aromatic rings. The molecule has 6 heteroatoms. The number of urea groups is 1. The standard InChI is InChI=1S/C12H20N2O4/c1-3-6-14(8-11(15)16)12(17)13-9-4-5-10(7-9)18-2/h3,9-10H,1,4-8H2,2H3,(H,13,17)(H,15,16). The Labute approximate surface area is 107 Å². The first-order chi connectivity index (χ1) is 8.56. The average Bonchev–Trinajstić information content (AvgIpc) is 2.75. The normalized spacial score (nSPS) is 22.5. The second-order valence-electron chi connectivity index (χ2n) is 4.38. The van der Waals surface area contributed by atoms with Crippen molar-refractivity contribution in [3.05, 3.63) is 12.7 Å². The number of rotatable bonds is 6. The maximum absolute atomic E-state index is 11.9. The lowest BCUT2D eigenvalue weighted by Gasteiger charge is -2.22. The fourth-order valence-electron chi connectivity index (χ4n) is 2.09. The fraction of sp³-hybridized carbons (Fsp3) is 0.667. The van der Waals surface area contributed by atoms with Crippen molar-refractivity contribution >= 4 is 12.0 Å². The molecule has 2 N–H and O–H groups in total. The number of nitrogens with one attached hydrogen (secondary N) is 1. The quantitative estimate of drug-likeness (QED) is 0.690. The Kier molecular flexibility index (Phi) is 5.64. The van der Waals surface area contributed by atoms with E-state index < -0.39 is 5.97 Å². The van der Waals surface area contributed by atoms with Crippen LogP contribution in [-0.4, -0.2) is 54.4 Å². The maximum Gasteiger partial charge on any atom is 0.323 e. The van der Waals surface area contributed by atoms with E-state index in [1.807, 2.05) is 0 Å². The molecule has 2 unspecified atom stereocenters. The van der Waals surface area contributed by atoms with Crippen molar-refractivity contribution in [2.45, 2.75) is 31.4 Å². The van der Waals surface area contributed by atoms with Gasteiger partial charge in [-0.15, -0.1) is 6.58 Å². The Morgan fingerprint density at radius 1 is 1.56 bits per heavy atom. The van der Waals surface area contributed by atoms with Gasteiger partial charge in [-0.2, -0.15) is 0 Å². The SMILES string of the molecule is C=CCN(CC(=O)O)C(=O)NC1CCC(OC)C1. The van der Waals surface area contributed by atoms with Crippen molar-refractivity contribution in [2.75, 3.05) is 20.2 Å². The van der Waals surface area contributed by atoms with Gasteiger partial charge in [0.05, 0.1) is 6.10 Å². The van der Waals surface area contributed by atoms with Crippen molar-refractivity contribution in [2.24, 2.45) is 0 Å². The van der Waals surface area contributed by atoms with Crippen LogP contribution in [0.2, 0.25) is 0 Å². The van der Waals surface area contributed by atoms with E-state index in [1.54, 1.807) is 7.11 Å². The molecule has 102 valence electrons. The average molecular weight is 256 g/mol. The minimum Gasteiger partial charge on any atom is -0.480 e. The van der Waals surface area contributed by atoms with Crippen LogP contribution in [0.15, 0.2) is 12.7 Å². The lowest BCUT2D eigenvalue weighted by Crippen LogP contribution is -2.46. The first-order valence-corrected chi connectivity index (χ1v) is 5.97. The Hall–Kier alpha value is -1.56. The van der Waals surface area contributed by atoms with E-state index in [9.17, 15) is 9.59 Å². The highest BCUT2D eigenvalue weighted by atomic mass is 16.5. The summed E-state index contributed by atoms with van der Waals surface area (Å²) in [6.07, 6.45) is 4.25. The molecule has 2 amide bonds. The van der Waals surface area contributed by atoms with Crippen LogP contribution in [0.3, 0.4) is 0 Å². The zero-order chi connectivity index (χ0) is 13.5. The van der Waals surface area contributed by atoms with E-state index >= 15 is 0 Å². The highest BCUT2D eigenvalue weighted by Gasteiger charge is 2.27. The largest absolute Gasteiger partial charge is 0.480 e. The molecule has 1 aliphatic carbocycles. The summed E-state index contributed by atoms with van der Waals surface area (Å²) in [6.45, 7) is 3.41. The lowest BCUT2D eigenvalue weighted by molar-refractivity contribution is -0.137. The highest BCUT2D eigenvalue weighted by Crippen LogP contribution is 2.21. The molecule has 1 fully saturated rings. The number of ether oxygens (including phenoxy) is 1. The second kappa shape index (κ2) is 7.00. The van der Waals surface area contributed by atoms with Gasteiger partial charge in [0.1, 0.15) is 6.54 Å². The Morgan fingerprint density at radius 2 is 2.28 bits per heavy atom. The molecule has 1 aliphatic rings. The van der Waals surface area contributed by atoms with Crippen molar-refractivity contribution < 1.29 is 19.4 Å². The summed E-state index contributed by atoms with van der Waals surface area (Å²) in [5.41, 5.74) is 0. The topological polar surface area (TPSA) is 78.9 Å². The number of carbonyl (C=O) groups excluding carboxylic acids is 1. The third-order valence-electron chi connectivity index (χ3n) is 3.01. The number of carboxylic acid groups (broad SMARTS) is 1. The number of nitrogens with zero attached hydrogens (tertiary/aromatic N) is 1. The molecular formula is C12H20N2O4. The molecule has 0 aliphatic heterocycles. The molecule has 0 radical (unpaired) electrons. The molecule has 1 rings (SSSR count). The van der Waals surface area contributed by atoms with Crippen LogP contribution in [-0.2, 0) is 9.53 Å². The molecule has 0 saturated heterocycles. The van der Waals surface area contributed by atoms with Crippen molar-refractivity contribution in [3.63, 3.8) is 0 Å². The predicted octanol–water partition coefficient (Wildman–Crippen LogP) is 0.836. The monoisotopic (exact) mass is 256 g/mol.